The van der Waals surface area contributed by atoms with Crippen LogP contribution in [0.15, 0.2) is 12.7 Å². The lowest BCUT2D eigenvalue weighted by Gasteiger charge is -2.38. The molecule has 0 fully saturated rings. The average Bonchev–Trinajstić information content (AvgIpc) is 3.19. The Hall–Kier alpha value is -0.530. The van der Waals surface area contributed by atoms with E-state index in [1.807, 2.05) is 34.6 Å². The maximum atomic E-state index is 13.3. The zero-order valence-electron chi connectivity index (χ0n) is 60.6. The Balaban J connectivity index is -0.000000146. The molecule has 0 aromatic heterocycles. The first-order valence-electron chi connectivity index (χ1n) is 30.4. The molecule has 5 nitrogen and oxygen atoms in total. The lowest BCUT2D eigenvalue weighted by atomic mass is 9.68. The monoisotopic (exact) mass is 1090 g/mol. The van der Waals surface area contributed by atoms with Crippen LogP contribution in [0, 0.1) is 84.7 Å². The molecule has 9 unspecified atom stereocenters. The van der Waals surface area contributed by atoms with E-state index < -0.39 is 16.9 Å². The fourth-order valence-electron chi connectivity index (χ4n) is 7.82. The molecule has 0 amide bonds. The van der Waals surface area contributed by atoms with Gasteiger partial charge in [-0.15, -0.1) is 6.58 Å². The highest BCUT2D eigenvalue weighted by Crippen LogP contribution is 2.40. The molecular formula is C70H151FO5. The predicted octanol–water partition coefficient (Wildman–Crippen LogP) is 22.2. The van der Waals surface area contributed by atoms with Crippen molar-refractivity contribution in [2.45, 2.75) is 339 Å². The highest BCUT2D eigenvalue weighted by atomic mass is 19.1. The van der Waals surface area contributed by atoms with Gasteiger partial charge in [-0.1, -0.05) is 235 Å². The molecule has 0 heterocycles. The lowest BCUT2D eigenvalue weighted by molar-refractivity contribution is -0.0233. The van der Waals surface area contributed by atoms with Crippen LogP contribution in [0.1, 0.15) is 304 Å². The zero-order valence-corrected chi connectivity index (χ0v) is 60.6. The molecule has 0 saturated carbocycles. The summed E-state index contributed by atoms with van der Waals surface area (Å²) in [6, 6.07) is 0. The molecule has 6 heteroatoms. The topological polar surface area (TPSA) is 68.2 Å². The van der Waals surface area contributed by atoms with E-state index >= 15 is 0 Å². The van der Waals surface area contributed by atoms with Crippen LogP contribution in [-0.4, -0.2) is 65.2 Å². The van der Waals surface area contributed by atoms with Crippen LogP contribution >= 0.6 is 0 Å². The summed E-state index contributed by atoms with van der Waals surface area (Å²) >= 11 is 0. The van der Waals surface area contributed by atoms with Crippen molar-refractivity contribution in [3.05, 3.63) is 12.7 Å². The second-order valence-corrected chi connectivity index (χ2v) is 33.5. The average molecular weight is 1090 g/mol. The molecule has 0 spiro atoms. The van der Waals surface area contributed by atoms with E-state index in [-0.39, 0.29) is 22.2 Å². The van der Waals surface area contributed by atoms with Gasteiger partial charge in [0.1, 0.15) is 5.67 Å². The Morgan fingerprint density at radius 2 is 0.539 bits per heavy atom. The molecule has 2 N–H and O–H groups in total. The first kappa shape index (κ1) is 89.3. The summed E-state index contributed by atoms with van der Waals surface area (Å²) in [6.07, 6.45) is 5.09. The summed E-state index contributed by atoms with van der Waals surface area (Å²) in [4.78, 5) is 0. The van der Waals surface area contributed by atoms with Crippen LogP contribution in [0.25, 0.3) is 0 Å². The Bertz CT molecular complexity index is 1160. The summed E-state index contributed by atoms with van der Waals surface area (Å²) in [5, 5.41) is 19.2. The normalized spacial score (nSPS) is 16.9. The molecule has 0 aliphatic rings. The molecule has 0 aromatic rings. The van der Waals surface area contributed by atoms with Gasteiger partial charge >= 0.3 is 0 Å². The van der Waals surface area contributed by atoms with Gasteiger partial charge in [-0.25, -0.2) is 4.39 Å². The highest BCUT2D eigenvalue weighted by molar-refractivity contribution is 4.85. The van der Waals surface area contributed by atoms with Crippen molar-refractivity contribution in [3.63, 3.8) is 0 Å². The van der Waals surface area contributed by atoms with Crippen LogP contribution in [0.3, 0.4) is 0 Å². The Kier molecular flexibility index (Phi) is 43.3. The summed E-state index contributed by atoms with van der Waals surface area (Å²) in [5.74, 6) is 3.30. The minimum atomic E-state index is -1.06. The van der Waals surface area contributed by atoms with Crippen LogP contribution in [0.2, 0.25) is 0 Å². The molecule has 0 aliphatic heterocycles. The summed E-state index contributed by atoms with van der Waals surface area (Å²) in [6.45, 7) is 96.1. The number of hydrogen-bond donors (Lipinski definition) is 2. The number of rotatable bonds is 15. The van der Waals surface area contributed by atoms with E-state index in [1.54, 1.807) is 19.9 Å². The molecule has 9 atom stereocenters. The maximum absolute atomic E-state index is 13.3. The Morgan fingerprint density at radius 3 is 0.632 bits per heavy atom. The summed E-state index contributed by atoms with van der Waals surface area (Å²) < 4.78 is 30.2. The van der Waals surface area contributed by atoms with E-state index in [9.17, 15) is 14.6 Å². The Labute approximate surface area is 482 Å². The highest BCUT2D eigenvalue weighted by Gasteiger charge is 2.36. The van der Waals surface area contributed by atoms with Crippen LogP contribution in [-0.2, 0) is 14.2 Å². The van der Waals surface area contributed by atoms with Gasteiger partial charge in [0.05, 0.1) is 36.1 Å². The molecule has 468 valence electrons. The van der Waals surface area contributed by atoms with Gasteiger partial charge in [0.15, 0.2) is 0 Å². The quantitative estimate of drug-likeness (QED) is 0.160. The van der Waals surface area contributed by atoms with Crippen LogP contribution < -0.4 is 0 Å². The SMILES string of the molecule is C=CCOC(C)C(C)C(C)(C)C.CC(C(C)(C)C)C(C)(C)C.CC(C(C)(C)C)C(C)(C)F.CC(C(C)(C)C)C(C)(C)O.CC(C(C)(C)C)C(C)(C)O.CCCOC(C)C(C)C(C)(C)C.CCCOC(C)C(C)C(C)(C)C. The smallest absolute Gasteiger partial charge is 0.108 e. The van der Waals surface area contributed by atoms with E-state index in [2.05, 4.69) is 249 Å². The molecule has 0 saturated heterocycles. The molecule has 0 rings (SSSR count). The number of hydrogen-bond acceptors (Lipinski definition) is 5. The minimum absolute atomic E-state index is 0.0677. The lowest BCUT2D eigenvalue weighted by Crippen LogP contribution is -2.37. The zero-order chi connectivity index (χ0) is 63.6. The molecule has 0 bridgehead atoms. The van der Waals surface area contributed by atoms with E-state index in [4.69, 9.17) is 14.2 Å². The predicted molar refractivity (Wildman–Crippen MR) is 345 cm³/mol. The van der Waals surface area contributed by atoms with Gasteiger partial charge in [0.2, 0.25) is 0 Å². The standard InChI is InChI=1S/2C11H24O.C11H22O.C10H22.C9H19F.2C9H20O/c3*1-7-8-12-10(3)9(2)11(4,5)6;1-8(9(2,3)4)10(5,6)7;3*1-7(8(2,3)4)9(5,6)10/h2*9-10H,7-8H2,1-6H3;7,9-10H,1,8H2,2-6H3;8H,1-7H3;7H,1-6H3;2*7,10H,1-6H3. The molecule has 0 aromatic carbocycles. The van der Waals surface area contributed by atoms with Crippen molar-refractivity contribution in [1.29, 1.82) is 0 Å². The van der Waals surface area contributed by atoms with E-state index in [1.165, 1.54) is 0 Å². The Morgan fingerprint density at radius 1 is 0.342 bits per heavy atom. The van der Waals surface area contributed by atoms with Crippen molar-refractivity contribution in [2.24, 2.45) is 84.7 Å². The van der Waals surface area contributed by atoms with Gasteiger partial charge in [0.25, 0.3) is 0 Å². The molecule has 0 radical (unpaired) electrons. The maximum Gasteiger partial charge on any atom is 0.108 e. The molecular weight excluding hydrogens is 940 g/mol. The van der Waals surface area contributed by atoms with Gasteiger partial charge < -0.3 is 24.4 Å². The molecule has 0 aliphatic carbocycles. The molecule has 76 heavy (non-hydrogen) atoms. The van der Waals surface area contributed by atoms with Gasteiger partial charge in [-0.05, 0) is 160 Å². The van der Waals surface area contributed by atoms with E-state index in [0.717, 1.165) is 32.0 Å². The number of halogens is 1. The van der Waals surface area contributed by atoms with Crippen molar-refractivity contribution < 1.29 is 28.8 Å². The van der Waals surface area contributed by atoms with E-state index in [0.29, 0.717) is 81.6 Å². The fraction of sp³-hybridized carbons (Fsp3) is 0.971. The largest absolute Gasteiger partial charge is 0.390 e. The van der Waals surface area contributed by atoms with Crippen LogP contribution in [0.4, 0.5) is 4.39 Å². The first-order chi connectivity index (χ1) is 32.8. The van der Waals surface area contributed by atoms with Gasteiger partial charge in [0, 0.05) is 13.2 Å². The third kappa shape index (κ3) is 48.2. The number of ether oxygens (including phenoxy) is 3. The van der Waals surface area contributed by atoms with Gasteiger partial charge in [-0.2, -0.15) is 0 Å². The summed E-state index contributed by atoms with van der Waals surface area (Å²) in [5.41, 5.74) is 0.195. The fourth-order valence-corrected chi connectivity index (χ4v) is 7.82. The van der Waals surface area contributed by atoms with Crippen molar-refractivity contribution >= 4 is 0 Å². The van der Waals surface area contributed by atoms with Crippen LogP contribution in [0.5, 0.6) is 0 Å². The second kappa shape index (κ2) is 36.8. The number of alkyl halides is 1. The van der Waals surface area contributed by atoms with Crippen molar-refractivity contribution in [1.82, 2.24) is 0 Å². The third-order valence-electron chi connectivity index (χ3n) is 17.5. The van der Waals surface area contributed by atoms with Crippen molar-refractivity contribution in [2.75, 3.05) is 19.8 Å². The minimum Gasteiger partial charge on any atom is -0.390 e. The van der Waals surface area contributed by atoms with Gasteiger partial charge in [-0.3, -0.25) is 0 Å². The first-order valence-corrected chi connectivity index (χ1v) is 30.4. The second-order valence-electron chi connectivity index (χ2n) is 33.5. The number of aliphatic hydroxyl groups is 2. The third-order valence-corrected chi connectivity index (χ3v) is 17.5. The van der Waals surface area contributed by atoms with Crippen molar-refractivity contribution in [3.8, 4) is 0 Å². The summed E-state index contributed by atoms with van der Waals surface area (Å²) in [7, 11) is 0.